The number of aliphatic carboxylic acids is 1. The quantitative estimate of drug-likeness (QED) is 0.377. The summed E-state index contributed by atoms with van der Waals surface area (Å²) in [7, 11) is 0. The zero-order valence-electron chi connectivity index (χ0n) is 13.7. The summed E-state index contributed by atoms with van der Waals surface area (Å²) in [5, 5.41) is 22.6. The van der Waals surface area contributed by atoms with Gasteiger partial charge in [-0.15, -0.1) is 11.3 Å². The van der Waals surface area contributed by atoms with Crippen LogP contribution in [0.3, 0.4) is 0 Å². The van der Waals surface area contributed by atoms with Crippen molar-refractivity contribution < 1.29 is 19.5 Å². The Bertz CT molecular complexity index is 907. The molecule has 0 spiro atoms. The molecule has 2 unspecified atom stereocenters. The Morgan fingerprint density at radius 2 is 2.15 bits per heavy atom. The highest BCUT2D eigenvalue weighted by Gasteiger charge is 2.33. The topological polar surface area (TPSA) is 145 Å². The Hall–Kier alpha value is -2.94. The van der Waals surface area contributed by atoms with Crippen LogP contribution < -0.4 is 16.4 Å². The molecule has 0 radical (unpaired) electrons. The fraction of sp³-hybridized carbons (Fsp3) is 0.294. The van der Waals surface area contributed by atoms with Crippen molar-refractivity contribution in [3.63, 3.8) is 0 Å². The van der Waals surface area contributed by atoms with Gasteiger partial charge < -0.3 is 21.5 Å². The number of amidine groups is 1. The third-order valence-corrected chi connectivity index (χ3v) is 5.37. The first kappa shape index (κ1) is 17.9. The van der Waals surface area contributed by atoms with E-state index in [0.29, 0.717) is 16.9 Å². The number of benzene rings is 1. The summed E-state index contributed by atoms with van der Waals surface area (Å²) in [4.78, 5) is 35.3. The van der Waals surface area contributed by atoms with Crippen LogP contribution in [0.25, 0.3) is 10.1 Å². The molecule has 1 aromatic carbocycles. The number of carbonyl (C=O) groups is 3. The summed E-state index contributed by atoms with van der Waals surface area (Å²) in [6.07, 6.45) is 0.185. The fourth-order valence-corrected chi connectivity index (χ4v) is 3.98. The first-order valence-corrected chi connectivity index (χ1v) is 8.83. The van der Waals surface area contributed by atoms with Crippen LogP contribution >= 0.6 is 11.3 Å². The average molecular weight is 374 g/mol. The van der Waals surface area contributed by atoms with Gasteiger partial charge in [0.25, 0.3) is 5.91 Å². The van der Waals surface area contributed by atoms with E-state index in [1.54, 1.807) is 18.2 Å². The first-order chi connectivity index (χ1) is 12.3. The third-order valence-electron chi connectivity index (χ3n) is 4.27. The summed E-state index contributed by atoms with van der Waals surface area (Å²) >= 11 is 1.30. The fourth-order valence-electron chi connectivity index (χ4n) is 2.96. The number of thiophene rings is 1. The Labute approximate surface area is 152 Å². The van der Waals surface area contributed by atoms with E-state index in [1.807, 2.05) is 6.07 Å². The maximum atomic E-state index is 12.4. The minimum Gasteiger partial charge on any atom is -0.481 e. The van der Waals surface area contributed by atoms with E-state index >= 15 is 0 Å². The predicted octanol–water partition coefficient (Wildman–Crippen LogP) is 0.895. The van der Waals surface area contributed by atoms with Gasteiger partial charge in [0, 0.05) is 22.8 Å². The van der Waals surface area contributed by atoms with Gasteiger partial charge in [-0.2, -0.15) is 0 Å². The highest BCUT2D eigenvalue weighted by molar-refractivity contribution is 7.20. The molecule has 1 saturated heterocycles. The Morgan fingerprint density at radius 1 is 1.38 bits per heavy atom. The monoisotopic (exact) mass is 374 g/mol. The molecule has 0 bridgehead atoms. The molecule has 0 saturated carbocycles. The maximum Gasteiger partial charge on any atom is 0.304 e. The van der Waals surface area contributed by atoms with Gasteiger partial charge in [0.2, 0.25) is 5.91 Å². The van der Waals surface area contributed by atoms with Crippen molar-refractivity contribution in [2.24, 2.45) is 11.7 Å². The summed E-state index contributed by atoms with van der Waals surface area (Å²) in [6, 6.07) is 6.81. The van der Waals surface area contributed by atoms with Crippen LogP contribution in [0.1, 0.15) is 28.1 Å². The van der Waals surface area contributed by atoms with Crippen LogP contribution in [-0.2, 0) is 9.59 Å². The molecule has 3 rings (SSSR count). The second kappa shape index (κ2) is 7.12. The van der Waals surface area contributed by atoms with Gasteiger partial charge >= 0.3 is 5.97 Å². The van der Waals surface area contributed by atoms with Crippen LogP contribution in [0.4, 0.5) is 0 Å². The lowest BCUT2D eigenvalue weighted by atomic mass is 10.0. The average Bonchev–Trinajstić information content (AvgIpc) is 3.15. The van der Waals surface area contributed by atoms with E-state index in [2.05, 4.69) is 10.6 Å². The molecule has 1 aliphatic rings. The number of carboxylic acids is 1. The van der Waals surface area contributed by atoms with Crippen molar-refractivity contribution in [2.45, 2.75) is 18.9 Å². The lowest BCUT2D eigenvalue weighted by Gasteiger charge is -2.10. The van der Waals surface area contributed by atoms with Gasteiger partial charge in [-0.3, -0.25) is 19.8 Å². The Balaban J connectivity index is 1.62. The normalized spacial score (nSPS) is 19.3. The molecule has 0 aliphatic carbocycles. The molecule has 1 aliphatic heterocycles. The van der Waals surface area contributed by atoms with Crippen LogP contribution in [-0.4, -0.2) is 41.3 Å². The van der Waals surface area contributed by atoms with Gasteiger partial charge in [-0.25, -0.2) is 0 Å². The van der Waals surface area contributed by atoms with Gasteiger partial charge in [-0.05, 0) is 23.9 Å². The third kappa shape index (κ3) is 3.83. The van der Waals surface area contributed by atoms with E-state index in [0.717, 1.165) is 10.1 Å². The number of amides is 2. The van der Waals surface area contributed by atoms with Crippen LogP contribution in [0.15, 0.2) is 24.3 Å². The minimum absolute atomic E-state index is 0.0285. The van der Waals surface area contributed by atoms with Gasteiger partial charge in [0.05, 0.1) is 17.2 Å². The number of carboxylic acid groups (broad SMARTS) is 1. The van der Waals surface area contributed by atoms with E-state index in [-0.39, 0.29) is 36.7 Å². The van der Waals surface area contributed by atoms with Crippen molar-refractivity contribution in [2.75, 3.05) is 6.54 Å². The second-order valence-electron chi connectivity index (χ2n) is 6.22. The molecule has 2 aromatic rings. The molecular formula is C17H18N4O4S. The molecule has 26 heavy (non-hydrogen) atoms. The number of nitrogens with one attached hydrogen (secondary N) is 3. The molecule has 2 heterocycles. The number of hydrogen-bond acceptors (Lipinski definition) is 5. The van der Waals surface area contributed by atoms with Crippen molar-refractivity contribution in [3.05, 3.63) is 34.7 Å². The first-order valence-electron chi connectivity index (χ1n) is 8.02. The van der Waals surface area contributed by atoms with E-state index in [9.17, 15) is 14.4 Å². The standard InChI is InChI=1S/C17H18N4O4S/c18-15(19)9-2-1-8-4-13(26-12(8)5-9)17(25)20-7-11-3-10(6-14(22)23)16(24)21-11/h1-2,4-5,10-11H,3,6-7H2,(H3,18,19)(H,20,25)(H,21,24)(H,22,23). The van der Waals surface area contributed by atoms with Gasteiger partial charge in [0.1, 0.15) is 5.84 Å². The lowest BCUT2D eigenvalue weighted by Crippen LogP contribution is -2.38. The van der Waals surface area contributed by atoms with E-state index < -0.39 is 11.9 Å². The number of hydrogen-bond donors (Lipinski definition) is 5. The lowest BCUT2D eigenvalue weighted by molar-refractivity contribution is -0.140. The smallest absolute Gasteiger partial charge is 0.304 e. The second-order valence-corrected chi connectivity index (χ2v) is 7.31. The molecule has 2 amide bonds. The van der Waals surface area contributed by atoms with E-state index in [1.165, 1.54) is 11.3 Å². The van der Waals surface area contributed by atoms with Crippen molar-refractivity contribution >= 4 is 45.0 Å². The summed E-state index contributed by atoms with van der Waals surface area (Å²) in [5.74, 6) is -2.13. The number of rotatable bonds is 6. The number of carbonyl (C=O) groups excluding carboxylic acids is 2. The van der Waals surface area contributed by atoms with E-state index in [4.69, 9.17) is 16.2 Å². The zero-order chi connectivity index (χ0) is 18.8. The van der Waals surface area contributed by atoms with Crippen LogP contribution in [0.5, 0.6) is 0 Å². The van der Waals surface area contributed by atoms with Crippen molar-refractivity contribution in [1.82, 2.24) is 10.6 Å². The molecular weight excluding hydrogens is 356 g/mol. The Kier molecular flexibility index (Phi) is 4.90. The molecule has 8 nitrogen and oxygen atoms in total. The van der Waals surface area contributed by atoms with Crippen molar-refractivity contribution in [3.8, 4) is 0 Å². The summed E-state index contributed by atoms with van der Waals surface area (Å²) < 4.78 is 0.860. The highest BCUT2D eigenvalue weighted by Crippen LogP contribution is 2.27. The van der Waals surface area contributed by atoms with Crippen LogP contribution in [0, 0.1) is 11.3 Å². The molecule has 6 N–H and O–H groups in total. The van der Waals surface area contributed by atoms with Gasteiger partial charge in [0.15, 0.2) is 0 Å². The molecule has 1 aromatic heterocycles. The number of fused-ring (bicyclic) bond motifs is 1. The SMILES string of the molecule is N=C(N)c1ccc2cc(C(=O)NCC3CC(CC(=O)O)C(=O)N3)sc2c1. The molecule has 136 valence electrons. The molecule has 2 atom stereocenters. The van der Waals surface area contributed by atoms with Crippen LogP contribution in [0.2, 0.25) is 0 Å². The summed E-state index contributed by atoms with van der Waals surface area (Å²) in [5.41, 5.74) is 6.08. The predicted molar refractivity (Wildman–Crippen MR) is 97.5 cm³/mol. The summed E-state index contributed by atoms with van der Waals surface area (Å²) in [6.45, 7) is 0.244. The molecule has 9 heteroatoms. The van der Waals surface area contributed by atoms with Gasteiger partial charge in [-0.1, -0.05) is 12.1 Å². The zero-order valence-corrected chi connectivity index (χ0v) is 14.6. The Morgan fingerprint density at radius 3 is 2.85 bits per heavy atom. The largest absolute Gasteiger partial charge is 0.481 e. The number of nitrogen functional groups attached to an aromatic ring is 1. The molecule has 1 fully saturated rings. The maximum absolute atomic E-state index is 12.4. The number of nitrogens with two attached hydrogens (primary N) is 1. The highest BCUT2D eigenvalue weighted by atomic mass is 32.1. The minimum atomic E-state index is -1.01. The van der Waals surface area contributed by atoms with Crippen molar-refractivity contribution in [1.29, 1.82) is 5.41 Å².